The lowest BCUT2D eigenvalue weighted by molar-refractivity contribution is -0.00470. The topological polar surface area (TPSA) is 40.5 Å². The Kier molecular flexibility index (Phi) is 8.93. The SMILES string of the molecule is CC(c1ccccc1)(C1CC(c2ccccc2)C(O)C(c2ccccc2)C1)C1CC(c2ccccc2)C(O)C(c2ccccc2)C1. The van der Waals surface area contributed by atoms with Crippen molar-refractivity contribution in [1.82, 2.24) is 0 Å². The molecule has 7 rings (SSSR count). The molecule has 4 atom stereocenters. The molecule has 2 fully saturated rings. The minimum Gasteiger partial charge on any atom is -0.392 e. The standard InChI is InChI=1S/C44H46O2/c1-44(35-25-15-6-16-26-35,36-27-38(31-17-7-2-8-18-31)42(45)39(28-36)32-19-9-3-10-20-32)37-29-40(33-21-11-4-12-22-33)43(46)41(30-37)34-23-13-5-14-24-34/h2-26,36-43,45-46H,27-30H2,1H3. The van der Waals surface area contributed by atoms with Crippen LogP contribution in [-0.4, -0.2) is 22.4 Å². The summed E-state index contributed by atoms with van der Waals surface area (Å²) in [7, 11) is 0. The lowest BCUT2D eigenvalue weighted by Crippen LogP contribution is -2.49. The maximum absolute atomic E-state index is 12.1. The Morgan fingerprint density at radius 1 is 0.391 bits per heavy atom. The second-order valence-corrected chi connectivity index (χ2v) is 14.0. The van der Waals surface area contributed by atoms with Gasteiger partial charge >= 0.3 is 0 Å². The van der Waals surface area contributed by atoms with Crippen molar-refractivity contribution in [3.8, 4) is 0 Å². The first-order valence-corrected chi connectivity index (χ1v) is 17.2. The van der Waals surface area contributed by atoms with Gasteiger partial charge in [0.1, 0.15) is 0 Å². The highest BCUT2D eigenvalue weighted by molar-refractivity contribution is 5.35. The first-order chi connectivity index (χ1) is 22.5. The predicted octanol–water partition coefficient (Wildman–Crippen LogP) is 9.62. The van der Waals surface area contributed by atoms with Crippen molar-refractivity contribution in [1.29, 1.82) is 0 Å². The van der Waals surface area contributed by atoms with Crippen molar-refractivity contribution in [2.24, 2.45) is 11.8 Å². The zero-order chi connectivity index (χ0) is 31.5. The van der Waals surface area contributed by atoms with E-state index in [0.29, 0.717) is 11.8 Å². The lowest BCUT2D eigenvalue weighted by Gasteiger charge is -2.54. The van der Waals surface area contributed by atoms with Gasteiger partial charge in [-0.15, -0.1) is 0 Å². The summed E-state index contributed by atoms with van der Waals surface area (Å²) in [6.45, 7) is 2.52. The van der Waals surface area contributed by atoms with Crippen LogP contribution in [0, 0.1) is 11.8 Å². The zero-order valence-electron chi connectivity index (χ0n) is 26.8. The maximum atomic E-state index is 12.1. The summed E-state index contributed by atoms with van der Waals surface area (Å²) in [5.41, 5.74) is 6.08. The van der Waals surface area contributed by atoms with Crippen molar-refractivity contribution in [2.45, 2.75) is 73.9 Å². The van der Waals surface area contributed by atoms with Gasteiger partial charge in [-0.2, -0.15) is 0 Å². The second-order valence-electron chi connectivity index (χ2n) is 14.0. The fourth-order valence-electron chi connectivity index (χ4n) is 9.25. The van der Waals surface area contributed by atoms with Crippen LogP contribution in [0.25, 0.3) is 0 Å². The molecule has 2 nitrogen and oxygen atoms in total. The third-order valence-corrected chi connectivity index (χ3v) is 11.8. The normalized spacial score (nSPS) is 29.5. The van der Waals surface area contributed by atoms with Crippen molar-refractivity contribution in [3.63, 3.8) is 0 Å². The molecular formula is C44H46O2. The van der Waals surface area contributed by atoms with Gasteiger partial charge in [-0.3, -0.25) is 0 Å². The fourth-order valence-corrected chi connectivity index (χ4v) is 9.25. The molecule has 0 bridgehead atoms. The van der Waals surface area contributed by atoms with Crippen LogP contribution in [0.5, 0.6) is 0 Å². The van der Waals surface area contributed by atoms with Gasteiger partial charge in [0.25, 0.3) is 0 Å². The highest BCUT2D eigenvalue weighted by atomic mass is 16.3. The van der Waals surface area contributed by atoms with E-state index in [1.54, 1.807) is 0 Å². The van der Waals surface area contributed by atoms with Crippen LogP contribution in [0.2, 0.25) is 0 Å². The Labute approximate surface area is 274 Å². The predicted molar refractivity (Wildman–Crippen MR) is 188 cm³/mol. The van der Waals surface area contributed by atoms with Crippen LogP contribution in [0.15, 0.2) is 152 Å². The number of benzene rings is 5. The van der Waals surface area contributed by atoms with Crippen LogP contribution in [0.3, 0.4) is 0 Å². The molecular weight excluding hydrogens is 560 g/mol. The van der Waals surface area contributed by atoms with E-state index in [4.69, 9.17) is 0 Å². The number of hydrogen-bond donors (Lipinski definition) is 2. The molecule has 2 N–H and O–H groups in total. The Morgan fingerprint density at radius 2 is 0.630 bits per heavy atom. The molecule has 2 heteroatoms. The molecule has 46 heavy (non-hydrogen) atoms. The molecule has 0 heterocycles. The summed E-state index contributed by atoms with van der Waals surface area (Å²) in [6, 6.07) is 53.9. The smallest absolute Gasteiger partial charge is 0.0677 e. The summed E-state index contributed by atoms with van der Waals surface area (Å²) < 4.78 is 0. The summed E-state index contributed by atoms with van der Waals surface area (Å²) >= 11 is 0. The van der Waals surface area contributed by atoms with Crippen LogP contribution in [-0.2, 0) is 5.41 Å². The molecule has 5 aromatic carbocycles. The highest BCUT2D eigenvalue weighted by Gasteiger charge is 2.52. The molecule has 0 saturated heterocycles. The van der Waals surface area contributed by atoms with E-state index in [0.717, 1.165) is 25.7 Å². The third-order valence-electron chi connectivity index (χ3n) is 11.8. The summed E-state index contributed by atoms with van der Waals surface area (Å²) in [5.74, 6) is 0.799. The molecule has 2 saturated carbocycles. The minimum atomic E-state index is -0.455. The molecule has 0 aromatic heterocycles. The number of hydrogen-bond acceptors (Lipinski definition) is 2. The molecule has 0 radical (unpaired) electrons. The first kappa shape index (κ1) is 30.7. The average Bonchev–Trinajstić information content (AvgIpc) is 3.13. The van der Waals surface area contributed by atoms with E-state index in [1.807, 2.05) is 0 Å². The minimum absolute atomic E-state index is 0.0391. The second kappa shape index (κ2) is 13.4. The van der Waals surface area contributed by atoms with Crippen LogP contribution < -0.4 is 0 Å². The molecule has 0 amide bonds. The Balaban J connectivity index is 1.36. The monoisotopic (exact) mass is 606 g/mol. The molecule has 234 valence electrons. The number of aliphatic hydroxyl groups excluding tert-OH is 2. The Morgan fingerprint density at radius 3 is 0.891 bits per heavy atom. The molecule has 4 unspecified atom stereocenters. The Bertz CT molecular complexity index is 1450. The summed E-state index contributed by atoms with van der Waals surface area (Å²) in [6.07, 6.45) is 2.78. The van der Waals surface area contributed by atoms with E-state index in [-0.39, 0.29) is 29.1 Å². The Hall–Kier alpha value is -3.98. The van der Waals surface area contributed by atoms with Gasteiger partial charge < -0.3 is 10.2 Å². The maximum Gasteiger partial charge on any atom is 0.0677 e. The molecule has 5 aromatic rings. The number of rotatable bonds is 7. The van der Waals surface area contributed by atoms with Crippen LogP contribution in [0.1, 0.15) is 84.1 Å². The van der Waals surface area contributed by atoms with E-state index in [2.05, 4.69) is 159 Å². The van der Waals surface area contributed by atoms with Gasteiger partial charge in [-0.25, -0.2) is 0 Å². The van der Waals surface area contributed by atoms with Crippen LogP contribution in [0.4, 0.5) is 0 Å². The van der Waals surface area contributed by atoms with Gasteiger partial charge in [-0.05, 0) is 70.8 Å². The van der Waals surface area contributed by atoms with Crippen molar-refractivity contribution < 1.29 is 10.2 Å². The van der Waals surface area contributed by atoms with Crippen LogP contribution >= 0.6 is 0 Å². The van der Waals surface area contributed by atoms with E-state index < -0.39 is 12.2 Å². The van der Waals surface area contributed by atoms with Crippen molar-refractivity contribution in [2.75, 3.05) is 0 Å². The molecule has 0 spiro atoms. The molecule has 2 aliphatic carbocycles. The van der Waals surface area contributed by atoms with Gasteiger partial charge in [0.15, 0.2) is 0 Å². The number of aliphatic hydroxyl groups is 2. The highest BCUT2D eigenvalue weighted by Crippen LogP contribution is 2.58. The quantitative estimate of drug-likeness (QED) is 0.194. The van der Waals surface area contributed by atoms with Crippen molar-refractivity contribution >= 4 is 0 Å². The summed E-state index contributed by atoms with van der Waals surface area (Å²) in [4.78, 5) is 0. The average molecular weight is 607 g/mol. The van der Waals surface area contributed by atoms with Crippen molar-refractivity contribution in [3.05, 3.63) is 179 Å². The fraction of sp³-hybridized carbons (Fsp3) is 0.318. The first-order valence-electron chi connectivity index (χ1n) is 17.2. The van der Waals surface area contributed by atoms with E-state index in [9.17, 15) is 10.2 Å². The van der Waals surface area contributed by atoms with Gasteiger partial charge in [0, 0.05) is 23.7 Å². The largest absolute Gasteiger partial charge is 0.392 e. The van der Waals surface area contributed by atoms with Gasteiger partial charge in [-0.1, -0.05) is 159 Å². The van der Waals surface area contributed by atoms with E-state index in [1.165, 1.54) is 27.8 Å². The third kappa shape index (κ3) is 5.85. The van der Waals surface area contributed by atoms with Gasteiger partial charge in [0.05, 0.1) is 12.2 Å². The molecule has 0 aliphatic heterocycles. The van der Waals surface area contributed by atoms with Gasteiger partial charge in [0.2, 0.25) is 0 Å². The summed E-state index contributed by atoms with van der Waals surface area (Å²) in [5, 5.41) is 24.2. The molecule has 2 aliphatic rings. The lowest BCUT2D eigenvalue weighted by atomic mass is 9.51. The van der Waals surface area contributed by atoms with E-state index >= 15 is 0 Å². The zero-order valence-corrected chi connectivity index (χ0v) is 26.8.